The Morgan fingerprint density at radius 1 is 1.10 bits per heavy atom. The molecule has 0 saturated carbocycles. The van der Waals surface area contributed by atoms with E-state index >= 15 is 0 Å². The molecule has 0 aliphatic carbocycles. The van der Waals surface area contributed by atoms with Gasteiger partial charge in [-0.25, -0.2) is 13.4 Å². The first-order valence-electron chi connectivity index (χ1n) is 9.16. The number of para-hydroxylation sites is 1. The summed E-state index contributed by atoms with van der Waals surface area (Å²) in [6, 6.07) is 14.1. The first-order chi connectivity index (χ1) is 14.3. The third-order valence-electron chi connectivity index (χ3n) is 5.00. The largest absolute Gasteiger partial charge is 0.497 e. The molecule has 0 spiro atoms. The van der Waals surface area contributed by atoms with Gasteiger partial charge in [0.1, 0.15) is 22.2 Å². The Bertz CT molecular complexity index is 1240. The van der Waals surface area contributed by atoms with Gasteiger partial charge >= 0.3 is 0 Å². The lowest BCUT2D eigenvalue weighted by molar-refractivity contribution is 0.374. The Kier molecular flexibility index (Phi) is 5.29. The molecule has 3 aromatic rings. The summed E-state index contributed by atoms with van der Waals surface area (Å²) < 4.78 is 36.6. The van der Waals surface area contributed by atoms with E-state index in [9.17, 15) is 8.42 Å². The SMILES string of the molecule is COc1ccc(C2=NN(S(C)(=O)=O)[C@@H](c3cc4cccc(OC)c4nc3Cl)C2)cc1. The van der Waals surface area contributed by atoms with Crippen molar-refractivity contribution in [2.45, 2.75) is 12.5 Å². The number of methoxy groups -OCH3 is 2. The number of hydrogen-bond acceptors (Lipinski definition) is 6. The molecule has 156 valence electrons. The van der Waals surface area contributed by atoms with Crippen LogP contribution in [0.25, 0.3) is 10.9 Å². The number of ether oxygens (including phenoxy) is 2. The van der Waals surface area contributed by atoms with Crippen LogP contribution in [0.4, 0.5) is 0 Å². The van der Waals surface area contributed by atoms with Crippen LogP contribution >= 0.6 is 11.6 Å². The maximum absolute atomic E-state index is 12.5. The summed E-state index contributed by atoms with van der Waals surface area (Å²) in [5.74, 6) is 1.31. The van der Waals surface area contributed by atoms with Crippen molar-refractivity contribution in [3.8, 4) is 11.5 Å². The number of halogens is 1. The van der Waals surface area contributed by atoms with Gasteiger partial charge in [-0.3, -0.25) is 0 Å². The average Bonchev–Trinajstić information content (AvgIpc) is 3.18. The molecule has 2 heterocycles. The van der Waals surface area contributed by atoms with Crippen molar-refractivity contribution in [2.75, 3.05) is 20.5 Å². The van der Waals surface area contributed by atoms with Gasteiger partial charge in [-0.1, -0.05) is 23.7 Å². The standard InChI is InChI=1S/C21H20ClN3O4S/c1-28-15-9-7-13(8-10-15)17-12-18(25(24-17)30(3,26)27)16-11-14-5-4-6-19(29-2)20(14)23-21(16)22/h4-11,18H,12H2,1-3H3/t18-/m1/s1. The van der Waals surface area contributed by atoms with Crippen molar-refractivity contribution in [3.05, 3.63) is 64.8 Å². The van der Waals surface area contributed by atoms with E-state index < -0.39 is 16.1 Å². The smallest absolute Gasteiger partial charge is 0.247 e. The number of pyridine rings is 1. The maximum Gasteiger partial charge on any atom is 0.247 e. The van der Waals surface area contributed by atoms with Crippen LogP contribution < -0.4 is 9.47 Å². The maximum atomic E-state index is 12.5. The van der Waals surface area contributed by atoms with Crippen molar-refractivity contribution >= 4 is 38.2 Å². The predicted octanol–water partition coefficient (Wildman–Crippen LogP) is 4.02. The number of aromatic nitrogens is 1. The van der Waals surface area contributed by atoms with Crippen LogP contribution in [0.2, 0.25) is 5.15 Å². The van der Waals surface area contributed by atoms with Gasteiger partial charge in [0.25, 0.3) is 0 Å². The predicted molar refractivity (Wildman–Crippen MR) is 117 cm³/mol. The minimum Gasteiger partial charge on any atom is -0.497 e. The van der Waals surface area contributed by atoms with Gasteiger partial charge < -0.3 is 9.47 Å². The molecule has 0 amide bonds. The highest BCUT2D eigenvalue weighted by molar-refractivity contribution is 7.88. The number of benzene rings is 2. The molecule has 0 saturated heterocycles. The zero-order valence-electron chi connectivity index (χ0n) is 16.7. The molecular weight excluding hydrogens is 426 g/mol. The lowest BCUT2D eigenvalue weighted by Gasteiger charge is -2.22. The highest BCUT2D eigenvalue weighted by atomic mass is 35.5. The molecule has 7 nitrogen and oxygen atoms in total. The van der Waals surface area contributed by atoms with Gasteiger partial charge in [0, 0.05) is 17.4 Å². The van der Waals surface area contributed by atoms with Crippen LogP contribution in [0.5, 0.6) is 11.5 Å². The average molecular weight is 446 g/mol. The summed E-state index contributed by atoms with van der Waals surface area (Å²) >= 11 is 6.51. The topological polar surface area (TPSA) is 81.1 Å². The molecule has 1 aliphatic heterocycles. The molecule has 0 fully saturated rings. The molecule has 2 aromatic carbocycles. The van der Waals surface area contributed by atoms with Gasteiger partial charge in [0.15, 0.2) is 0 Å². The van der Waals surface area contributed by atoms with E-state index in [2.05, 4.69) is 10.1 Å². The van der Waals surface area contributed by atoms with E-state index in [1.54, 1.807) is 20.3 Å². The highest BCUT2D eigenvalue weighted by Gasteiger charge is 2.36. The Morgan fingerprint density at radius 2 is 1.83 bits per heavy atom. The summed E-state index contributed by atoms with van der Waals surface area (Å²) in [5.41, 5.74) is 2.68. The van der Waals surface area contributed by atoms with Gasteiger partial charge in [0.2, 0.25) is 10.0 Å². The Labute approximate surface area is 179 Å². The van der Waals surface area contributed by atoms with E-state index in [1.165, 1.54) is 0 Å². The number of fused-ring (bicyclic) bond motifs is 1. The monoisotopic (exact) mass is 445 g/mol. The zero-order valence-corrected chi connectivity index (χ0v) is 18.2. The quantitative estimate of drug-likeness (QED) is 0.554. The molecule has 0 unspecified atom stereocenters. The first kappa shape index (κ1) is 20.4. The molecule has 9 heteroatoms. The third kappa shape index (κ3) is 3.68. The molecule has 30 heavy (non-hydrogen) atoms. The third-order valence-corrected chi connectivity index (χ3v) is 6.32. The first-order valence-corrected chi connectivity index (χ1v) is 11.4. The summed E-state index contributed by atoms with van der Waals surface area (Å²) in [7, 11) is -0.471. The van der Waals surface area contributed by atoms with Gasteiger partial charge in [0.05, 0.1) is 32.2 Å². The van der Waals surface area contributed by atoms with Crippen LogP contribution in [0.15, 0.2) is 53.6 Å². The number of hydrazone groups is 1. The summed E-state index contributed by atoms with van der Waals surface area (Å²) in [4.78, 5) is 4.48. The van der Waals surface area contributed by atoms with Crippen molar-refractivity contribution in [3.63, 3.8) is 0 Å². The lowest BCUT2D eigenvalue weighted by Crippen LogP contribution is -2.26. The van der Waals surface area contributed by atoms with Gasteiger partial charge in [-0.2, -0.15) is 9.52 Å². The fourth-order valence-corrected chi connectivity index (χ4v) is 4.71. The second kappa shape index (κ2) is 7.77. The molecule has 0 radical (unpaired) electrons. The minimum absolute atomic E-state index is 0.219. The summed E-state index contributed by atoms with van der Waals surface area (Å²) in [6.45, 7) is 0. The molecule has 1 aromatic heterocycles. The van der Waals surface area contributed by atoms with E-state index in [4.69, 9.17) is 21.1 Å². The van der Waals surface area contributed by atoms with Gasteiger partial charge in [-0.15, -0.1) is 0 Å². The Hall–Kier alpha value is -2.84. The van der Waals surface area contributed by atoms with E-state index in [-0.39, 0.29) is 5.15 Å². The summed E-state index contributed by atoms with van der Waals surface area (Å²) in [6.07, 6.45) is 1.50. The molecule has 0 N–H and O–H groups in total. The minimum atomic E-state index is -3.63. The van der Waals surface area contributed by atoms with Crippen LogP contribution in [-0.2, 0) is 10.0 Å². The second-order valence-electron chi connectivity index (χ2n) is 6.93. The molecule has 1 aliphatic rings. The van der Waals surface area contributed by atoms with E-state index in [1.807, 2.05) is 42.5 Å². The van der Waals surface area contributed by atoms with Crippen molar-refractivity contribution < 1.29 is 17.9 Å². The fourth-order valence-electron chi connectivity index (χ4n) is 3.55. The number of hydrogen-bond donors (Lipinski definition) is 0. The van der Waals surface area contributed by atoms with Crippen LogP contribution in [0.3, 0.4) is 0 Å². The molecular formula is C21H20ClN3O4S. The lowest BCUT2D eigenvalue weighted by atomic mass is 9.99. The number of rotatable bonds is 5. The number of sulfonamides is 1. The number of nitrogens with zero attached hydrogens (tertiary/aromatic N) is 3. The molecule has 4 rings (SSSR count). The van der Waals surface area contributed by atoms with Crippen LogP contribution in [0.1, 0.15) is 23.6 Å². The molecule has 1 atom stereocenters. The highest BCUT2D eigenvalue weighted by Crippen LogP contribution is 2.39. The van der Waals surface area contributed by atoms with Crippen molar-refractivity contribution in [1.29, 1.82) is 0 Å². The van der Waals surface area contributed by atoms with Crippen LogP contribution in [-0.4, -0.2) is 44.0 Å². The van der Waals surface area contributed by atoms with Gasteiger partial charge in [-0.05, 0) is 42.0 Å². The van der Waals surface area contributed by atoms with E-state index in [0.717, 1.165) is 21.6 Å². The van der Waals surface area contributed by atoms with Crippen molar-refractivity contribution in [2.24, 2.45) is 5.10 Å². The van der Waals surface area contributed by atoms with Crippen molar-refractivity contribution in [1.82, 2.24) is 9.40 Å². The zero-order chi connectivity index (χ0) is 21.5. The summed E-state index contributed by atoms with van der Waals surface area (Å²) in [5, 5.41) is 5.43. The Morgan fingerprint density at radius 3 is 2.47 bits per heavy atom. The van der Waals surface area contributed by atoms with Crippen LogP contribution in [0, 0.1) is 0 Å². The fraction of sp³-hybridized carbons (Fsp3) is 0.238. The molecule has 0 bridgehead atoms. The van der Waals surface area contributed by atoms with E-state index in [0.29, 0.717) is 34.7 Å². The Balaban J connectivity index is 1.79. The normalized spacial score (nSPS) is 16.6. The second-order valence-corrected chi connectivity index (χ2v) is 9.13.